The molecule has 1 heterocycles. The summed E-state index contributed by atoms with van der Waals surface area (Å²) >= 11 is 0. The lowest BCUT2D eigenvalue weighted by atomic mass is 10.2. The third-order valence-electron chi connectivity index (χ3n) is 2.26. The van der Waals surface area contributed by atoms with E-state index < -0.39 is 12.0 Å². The Hall–Kier alpha value is -2.04. The standard InChI is InChI=1S/C11H7F2NO2/c12-11(13,10(15)16)14-7-3-5-8-4-1-2-6-9(8)14/h1-7H. The maximum Gasteiger partial charge on any atom is 0.505 e. The van der Waals surface area contributed by atoms with E-state index in [2.05, 4.69) is 0 Å². The van der Waals surface area contributed by atoms with Crippen LogP contribution in [0.3, 0.4) is 0 Å². The Morgan fingerprint density at radius 3 is 2.50 bits per heavy atom. The van der Waals surface area contributed by atoms with E-state index in [1.165, 1.54) is 12.1 Å². The zero-order valence-electron chi connectivity index (χ0n) is 8.06. The lowest BCUT2D eigenvalue weighted by molar-refractivity contribution is -0.791. The summed E-state index contributed by atoms with van der Waals surface area (Å²) in [5.41, 5.74) is 0.138. The highest BCUT2D eigenvalue weighted by molar-refractivity contribution is 5.76. The molecule has 1 aromatic heterocycles. The molecule has 0 spiro atoms. The van der Waals surface area contributed by atoms with Gasteiger partial charge in [0.05, 0.1) is 0 Å². The van der Waals surface area contributed by atoms with Gasteiger partial charge >= 0.3 is 6.05 Å². The van der Waals surface area contributed by atoms with Gasteiger partial charge in [-0.15, -0.1) is 13.3 Å². The number of aromatic nitrogens is 1. The quantitative estimate of drug-likeness (QED) is 0.693. The SMILES string of the molecule is O=C([O-])C(F)(F)[n+]1cccc2ccccc21. The fraction of sp³-hybridized carbons (Fsp3) is 0.0909. The van der Waals surface area contributed by atoms with Crippen LogP contribution in [0, 0.1) is 0 Å². The molecule has 3 nitrogen and oxygen atoms in total. The Labute approximate surface area is 89.6 Å². The highest BCUT2D eigenvalue weighted by Gasteiger charge is 2.44. The Balaban J connectivity index is 2.74. The van der Waals surface area contributed by atoms with Gasteiger partial charge in [-0.3, -0.25) is 0 Å². The van der Waals surface area contributed by atoms with E-state index >= 15 is 0 Å². The molecular formula is C11H7F2NO2. The Morgan fingerprint density at radius 2 is 1.81 bits per heavy atom. The molecule has 0 fully saturated rings. The van der Waals surface area contributed by atoms with Crippen molar-refractivity contribution < 1.29 is 23.2 Å². The topological polar surface area (TPSA) is 44.0 Å². The van der Waals surface area contributed by atoms with Gasteiger partial charge in [0, 0.05) is 17.5 Å². The summed E-state index contributed by atoms with van der Waals surface area (Å²) in [6.45, 7) is 0. The maximum absolute atomic E-state index is 13.3. The number of alkyl halides is 2. The molecular weight excluding hydrogens is 216 g/mol. The smallest absolute Gasteiger partial charge is 0.505 e. The minimum atomic E-state index is -4.05. The highest BCUT2D eigenvalue weighted by Crippen LogP contribution is 2.16. The highest BCUT2D eigenvalue weighted by atomic mass is 19.3. The van der Waals surface area contributed by atoms with Gasteiger partial charge in [-0.1, -0.05) is 12.1 Å². The van der Waals surface area contributed by atoms with Crippen molar-refractivity contribution in [2.75, 3.05) is 0 Å². The second-order valence-electron chi connectivity index (χ2n) is 3.27. The zero-order chi connectivity index (χ0) is 11.8. The van der Waals surface area contributed by atoms with E-state index in [0.717, 1.165) is 6.20 Å². The van der Waals surface area contributed by atoms with Crippen molar-refractivity contribution in [2.45, 2.75) is 6.05 Å². The summed E-state index contributed by atoms with van der Waals surface area (Å²) in [7, 11) is 0. The number of hydrogen-bond acceptors (Lipinski definition) is 2. The normalized spacial score (nSPS) is 11.6. The van der Waals surface area contributed by atoms with Gasteiger partial charge in [0.2, 0.25) is 5.52 Å². The van der Waals surface area contributed by atoms with Crippen LogP contribution in [0.25, 0.3) is 10.9 Å². The first-order chi connectivity index (χ1) is 7.53. The largest absolute Gasteiger partial charge is 0.539 e. The molecule has 0 amide bonds. The maximum atomic E-state index is 13.3. The minimum Gasteiger partial charge on any atom is -0.539 e. The van der Waals surface area contributed by atoms with Gasteiger partial charge < -0.3 is 9.90 Å². The number of nitrogens with zero attached hydrogens (tertiary/aromatic N) is 1. The number of carbonyl (C=O) groups excluding carboxylic acids is 1. The molecule has 0 unspecified atom stereocenters. The molecule has 0 radical (unpaired) electrons. The molecule has 0 N–H and O–H groups in total. The number of pyridine rings is 1. The summed E-state index contributed by atoms with van der Waals surface area (Å²) in [5, 5.41) is 10.9. The predicted octanol–water partition coefficient (Wildman–Crippen LogP) is 0.426. The van der Waals surface area contributed by atoms with E-state index in [9.17, 15) is 18.7 Å². The molecule has 0 saturated heterocycles. The summed E-state index contributed by atoms with van der Waals surface area (Å²) in [4.78, 5) is 10.4. The van der Waals surface area contributed by atoms with Crippen molar-refractivity contribution >= 4 is 16.9 Å². The van der Waals surface area contributed by atoms with Gasteiger partial charge in [-0.05, 0) is 12.1 Å². The van der Waals surface area contributed by atoms with Gasteiger partial charge in [0.1, 0.15) is 0 Å². The van der Waals surface area contributed by atoms with Gasteiger partial charge in [0.25, 0.3) is 0 Å². The summed E-state index contributed by atoms with van der Waals surface area (Å²) in [5.74, 6) is -2.42. The van der Waals surface area contributed by atoms with Gasteiger partial charge in [-0.25, -0.2) is 0 Å². The number of carboxylic acids is 1. The summed E-state index contributed by atoms with van der Waals surface area (Å²) < 4.78 is 27.0. The number of aliphatic carboxylic acids is 1. The zero-order valence-corrected chi connectivity index (χ0v) is 8.06. The van der Waals surface area contributed by atoms with Crippen LogP contribution in [-0.2, 0) is 10.8 Å². The first kappa shape index (κ1) is 10.5. The van der Waals surface area contributed by atoms with E-state index in [1.54, 1.807) is 24.3 Å². The molecule has 82 valence electrons. The van der Waals surface area contributed by atoms with E-state index in [4.69, 9.17) is 0 Å². The molecule has 0 aliphatic rings. The third-order valence-corrected chi connectivity index (χ3v) is 2.26. The number of carbonyl (C=O) groups is 1. The summed E-state index contributed by atoms with van der Waals surface area (Å²) in [6, 6.07) is 5.22. The van der Waals surface area contributed by atoms with E-state index in [0.29, 0.717) is 9.95 Å². The average molecular weight is 223 g/mol. The van der Waals surface area contributed by atoms with Crippen LogP contribution in [0.4, 0.5) is 8.78 Å². The molecule has 0 bridgehead atoms. The van der Waals surface area contributed by atoms with Crippen LogP contribution in [-0.4, -0.2) is 5.97 Å². The molecule has 0 saturated carbocycles. The molecule has 0 atom stereocenters. The van der Waals surface area contributed by atoms with Crippen molar-refractivity contribution in [1.82, 2.24) is 0 Å². The Kier molecular flexibility index (Phi) is 2.30. The lowest BCUT2D eigenvalue weighted by Crippen LogP contribution is -2.60. The van der Waals surface area contributed by atoms with E-state index in [1.807, 2.05) is 0 Å². The van der Waals surface area contributed by atoms with Gasteiger partial charge in [0.15, 0.2) is 12.2 Å². The Morgan fingerprint density at radius 1 is 1.19 bits per heavy atom. The number of para-hydroxylation sites is 1. The second kappa shape index (κ2) is 3.52. The average Bonchev–Trinajstić information content (AvgIpc) is 2.28. The van der Waals surface area contributed by atoms with Crippen molar-refractivity contribution in [3.05, 3.63) is 42.6 Å². The number of hydrogen-bond donors (Lipinski definition) is 0. The van der Waals surface area contributed by atoms with Crippen LogP contribution in [0.2, 0.25) is 0 Å². The molecule has 5 heteroatoms. The molecule has 0 aliphatic heterocycles. The number of carboxylic acid groups (broad SMARTS) is 1. The lowest BCUT2D eigenvalue weighted by Gasteiger charge is -2.12. The minimum absolute atomic E-state index is 0.138. The molecule has 1 aromatic carbocycles. The molecule has 0 aliphatic carbocycles. The Bertz CT molecular complexity index is 549. The third kappa shape index (κ3) is 1.50. The second-order valence-corrected chi connectivity index (χ2v) is 3.27. The monoisotopic (exact) mass is 223 g/mol. The predicted molar refractivity (Wildman–Crippen MR) is 49.3 cm³/mol. The van der Waals surface area contributed by atoms with Crippen LogP contribution in [0.1, 0.15) is 0 Å². The van der Waals surface area contributed by atoms with Gasteiger partial charge in [-0.2, -0.15) is 0 Å². The van der Waals surface area contributed by atoms with Crippen molar-refractivity contribution in [3.8, 4) is 0 Å². The fourth-order valence-corrected chi connectivity index (χ4v) is 1.50. The first-order valence-electron chi connectivity index (χ1n) is 4.52. The molecule has 16 heavy (non-hydrogen) atoms. The van der Waals surface area contributed by atoms with Crippen LogP contribution in [0.15, 0.2) is 42.6 Å². The fourth-order valence-electron chi connectivity index (χ4n) is 1.50. The number of rotatable bonds is 2. The number of fused-ring (bicyclic) bond motifs is 1. The van der Waals surface area contributed by atoms with Crippen molar-refractivity contribution in [2.24, 2.45) is 0 Å². The van der Waals surface area contributed by atoms with Crippen molar-refractivity contribution in [1.29, 1.82) is 0 Å². The molecule has 2 aromatic rings. The first-order valence-corrected chi connectivity index (χ1v) is 4.52. The molecule has 2 rings (SSSR count). The number of halogens is 2. The number of benzene rings is 1. The van der Waals surface area contributed by atoms with E-state index in [-0.39, 0.29) is 5.52 Å². The van der Waals surface area contributed by atoms with Crippen LogP contribution >= 0.6 is 0 Å². The van der Waals surface area contributed by atoms with Crippen LogP contribution in [0.5, 0.6) is 0 Å². The summed E-state index contributed by atoms with van der Waals surface area (Å²) in [6.07, 6.45) is 1.01. The van der Waals surface area contributed by atoms with Crippen molar-refractivity contribution in [3.63, 3.8) is 0 Å². The van der Waals surface area contributed by atoms with Crippen LogP contribution < -0.4 is 9.67 Å².